The smallest absolute Gasteiger partial charge is 0.254 e. The Morgan fingerprint density at radius 1 is 1.00 bits per heavy atom. The lowest BCUT2D eigenvalue weighted by Gasteiger charge is -2.21. The van der Waals surface area contributed by atoms with Crippen LogP contribution in [0.25, 0.3) is 0 Å². The molecule has 1 N–H and O–H groups in total. The second kappa shape index (κ2) is 11.1. The average molecular weight is 455 g/mol. The Hall–Kier alpha value is -3.22. The molecule has 2 aromatic rings. The third-order valence-corrected chi connectivity index (χ3v) is 6.12. The van der Waals surface area contributed by atoms with Gasteiger partial charge in [0.25, 0.3) is 5.91 Å². The fraction of sp³-hybridized carbons (Fsp3) is 0.462. The fourth-order valence-corrected chi connectivity index (χ4v) is 4.23. The number of nitrogens with zero attached hydrogens (tertiary/aromatic N) is 1. The Kier molecular flexibility index (Phi) is 8.20. The molecule has 7 heteroatoms. The SMILES string of the molecule is COc1cccc(C(=O)N2C[C@H](C(=O)NCCC(C)C)[C@@H](c3ccc(OC)cc3OC)C2)c1. The largest absolute Gasteiger partial charge is 0.497 e. The topological polar surface area (TPSA) is 77.1 Å². The van der Waals surface area contributed by atoms with Crippen LogP contribution in [0.15, 0.2) is 42.5 Å². The zero-order chi connectivity index (χ0) is 24.0. The number of amides is 2. The van der Waals surface area contributed by atoms with Gasteiger partial charge in [-0.25, -0.2) is 0 Å². The molecular formula is C26H34N2O5. The van der Waals surface area contributed by atoms with Crippen molar-refractivity contribution in [3.05, 3.63) is 53.6 Å². The number of rotatable bonds is 9. The minimum atomic E-state index is -0.381. The molecule has 3 rings (SSSR count). The molecule has 0 aliphatic carbocycles. The average Bonchev–Trinajstić information content (AvgIpc) is 3.28. The number of hydrogen-bond donors (Lipinski definition) is 1. The van der Waals surface area contributed by atoms with Gasteiger partial charge in [-0.1, -0.05) is 26.0 Å². The monoisotopic (exact) mass is 454 g/mol. The zero-order valence-electron chi connectivity index (χ0n) is 20.1. The Bertz CT molecular complexity index is 975. The molecule has 0 radical (unpaired) electrons. The van der Waals surface area contributed by atoms with Crippen LogP contribution in [-0.4, -0.2) is 57.7 Å². The summed E-state index contributed by atoms with van der Waals surface area (Å²) in [5.41, 5.74) is 1.43. The van der Waals surface area contributed by atoms with Crippen molar-refractivity contribution >= 4 is 11.8 Å². The van der Waals surface area contributed by atoms with Gasteiger partial charge in [0, 0.05) is 42.7 Å². The van der Waals surface area contributed by atoms with Gasteiger partial charge >= 0.3 is 0 Å². The second-order valence-corrected chi connectivity index (χ2v) is 8.74. The number of carbonyl (C=O) groups excluding carboxylic acids is 2. The van der Waals surface area contributed by atoms with Crippen molar-refractivity contribution in [2.75, 3.05) is 41.0 Å². The van der Waals surface area contributed by atoms with Crippen LogP contribution in [0.5, 0.6) is 17.2 Å². The van der Waals surface area contributed by atoms with Crippen LogP contribution in [0.1, 0.15) is 42.1 Å². The fourth-order valence-electron chi connectivity index (χ4n) is 4.23. The van der Waals surface area contributed by atoms with Crippen molar-refractivity contribution in [2.45, 2.75) is 26.2 Å². The lowest BCUT2D eigenvalue weighted by Crippen LogP contribution is -2.36. The summed E-state index contributed by atoms with van der Waals surface area (Å²) < 4.78 is 16.2. The number of methoxy groups -OCH3 is 3. The molecule has 0 spiro atoms. The molecule has 0 bridgehead atoms. The zero-order valence-corrected chi connectivity index (χ0v) is 20.1. The summed E-state index contributed by atoms with van der Waals surface area (Å²) in [6, 6.07) is 12.7. The van der Waals surface area contributed by atoms with E-state index >= 15 is 0 Å². The highest BCUT2D eigenvalue weighted by atomic mass is 16.5. The van der Waals surface area contributed by atoms with Crippen molar-refractivity contribution in [3.8, 4) is 17.2 Å². The van der Waals surface area contributed by atoms with E-state index in [4.69, 9.17) is 14.2 Å². The molecule has 2 aromatic carbocycles. The van der Waals surface area contributed by atoms with Crippen molar-refractivity contribution in [2.24, 2.45) is 11.8 Å². The molecule has 178 valence electrons. The Labute approximate surface area is 196 Å². The summed E-state index contributed by atoms with van der Waals surface area (Å²) in [7, 11) is 4.77. The Balaban J connectivity index is 1.89. The predicted octanol–water partition coefficient (Wildman–Crippen LogP) is 3.73. The highest BCUT2D eigenvalue weighted by molar-refractivity contribution is 5.95. The Morgan fingerprint density at radius 3 is 2.39 bits per heavy atom. The first kappa shape index (κ1) is 24.4. The highest BCUT2D eigenvalue weighted by Gasteiger charge is 2.41. The number of likely N-dealkylation sites (tertiary alicyclic amines) is 1. The second-order valence-electron chi connectivity index (χ2n) is 8.74. The van der Waals surface area contributed by atoms with Crippen LogP contribution >= 0.6 is 0 Å². The van der Waals surface area contributed by atoms with Crippen molar-refractivity contribution < 1.29 is 23.8 Å². The molecule has 1 fully saturated rings. The standard InChI is InChI=1S/C26H34N2O5/c1-17(2)11-12-27-25(29)23-16-28(26(30)18-7-6-8-19(13-18)31-3)15-22(23)21-10-9-20(32-4)14-24(21)33-5/h6-10,13-14,17,22-23H,11-12,15-16H2,1-5H3,(H,27,29)/t22-,23+/m1/s1. The van der Waals surface area contributed by atoms with E-state index < -0.39 is 0 Å². The molecular weight excluding hydrogens is 420 g/mol. The summed E-state index contributed by atoms with van der Waals surface area (Å²) in [4.78, 5) is 28.3. The van der Waals surface area contributed by atoms with Crippen molar-refractivity contribution in [3.63, 3.8) is 0 Å². The van der Waals surface area contributed by atoms with E-state index in [0.717, 1.165) is 12.0 Å². The van der Waals surface area contributed by atoms with E-state index in [1.54, 1.807) is 50.5 Å². The lowest BCUT2D eigenvalue weighted by molar-refractivity contribution is -0.124. The van der Waals surface area contributed by atoms with Crippen molar-refractivity contribution in [1.82, 2.24) is 10.2 Å². The van der Waals surface area contributed by atoms with Gasteiger partial charge in [-0.05, 0) is 36.6 Å². The van der Waals surface area contributed by atoms with E-state index in [0.29, 0.717) is 48.4 Å². The van der Waals surface area contributed by atoms with E-state index in [1.807, 2.05) is 18.2 Å². The predicted molar refractivity (Wildman–Crippen MR) is 127 cm³/mol. The van der Waals surface area contributed by atoms with E-state index in [-0.39, 0.29) is 23.7 Å². The van der Waals surface area contributed by atoms with Crippen LogP contribution in [0, 0.1) is 11.8 Å². The van der Waals surface area contributed by atoms with Gasteiger partial charge in [0.05, 0.1) is 27.2 Å². The summed E-state index contributed by atoms with van der Waals surface area (Å²) >= 11 is 0. The minimum Gasteiger partial charge on any atom is -0.497 e. The van der Waals surface area contributed by atoms with Gasteiger partial charge < -0.3 is 24.4 Å². The number of benzene rings is 2. The van der Waals surface area contributed by atoms with Crippen LogP contribution in [-0.2, 0) is 4.79 Å². The minimum absolute atomic E-state index is 0.0422. The van der Waals surface area contributed by atoms with Gasteiger partial charge in [0.2, 0.25) is 5.91 Å². The summed E-state index contributed by atoms with van der Waals surface area (Å²) in [6.45, 7) is 5.62. The molecule has 0 unspecified atom stereocenters. The molecule has 1 aliphatic heterocycles. The molecule has 7 nitrogen and oxygen atoms in total. The normalized spacial score (nSPS) is 17.7. The first-order chi connectivity index (χ1) is 15.9. The maximum absolute atomic E-state index is 13.3. The maximum atomic E-state index is 13.3. The van der Waals surface area contributed by atoms with Gasteiger partial charge in [0.15, 0.2) is 0 Å². The first-order valence-electron chi connectivity index (χ1n) is 11.3. The molecule has 1 saturated heterocycles. The maximum Gasteiger partial charge on any atom is 0.254 e. The summed E-state index contributed by atoms with van der Waals surface area (Å²) in [6.07, 6.45) is 0.904. The third kappa shape index (κ3) is 5.78. The summed E-state index contributed by atoms with van der Waals surface area (Å²) in [5, 5.41) is 3.07. The van der Waals surface area contributed by atoms with Crippen LogP contribution in [0.3, 0.4) is 0 Å². The van der Waals surface area contributed by atoms with E-state index in [2.05, 4.69) is 19.2 Å². The molecule has 1 aliphatic rings. The molecule has 0 saturated carbocycles. The molecule has 1 heterocycles. The van der Waals surface area contributed by atoms with Crippen LogP contribution in [0.2, 0.25) is 0 Å². The number of carbonyl (C=O) groups is 2. The molecule has 2 amide bonds. The van der Waals surface area contributed by atoms with Gasteiger partial charge in [0.1, 0.15) is 17.2 Å². The highest BCUT2D eigenvalue weighted by Crippen LogP contribution is 2.39. The van der Waals surface area contributed by atoms with E-state index in [9.17, 15) is 9.59 Å². The molecule has 0 aromatic heterocycles. The van der Waals surface area contributed by atoms with Crippen molar-refractivity contribution in [1.29, 1.82) is 0 Å². The quantitative estimate of drug-likeness (QED) is 0.625. The number of hydrogen-bond acceptors (Lipinski definition) is 5. The first-order valence-corrected chi connectivity index (χ1v) is 11.3. The van der Waals surface area contributed by atoms with Crippen LogP contribution < -0.4 is 19.5 Å². The summed E-state index contributed by atoms with van der Waals surface area (Å²) in [5.74, 6) is 1.71. The third-order valence-electron chi connectivity index (χ3n) is 6.12. The number of ether oxygens (including phenoxy) is 3. The Morgan fingerprint density at radius 2 is 1.73 bits per heavy atom. The van der Waals surface area contributed by atoms with Gasteiger partial charge in [-0.15, -0.1) is 0 Å². The van der Waals surface area contributed by atoms with Crippen LogP contribution in [0.4, 0.5) is 0 Å². The molecule has 33 heavy (non-hydrogen) atoms. The van der Waals surface area contributed by atoms with Gasteiger partial charge in [-0.2, -0.15) is 0 Å². The number of nitrogens with one attached hydrogen (secondary N) is 1. The van der Waals surface area contributed by atoms with E-state index in [1.165, 1.54) is 0 Å². The lowest BCUT2D eigenvalue weighted by atomic mass is 9.87. The van der Waals surface area contributed by atoms with Gasteiger partial charge in [-0.3, -0.25) is 9.59 Å². The molecule has 2 atom stereocenters.